The average molecular weight is 716 g/mol. The number of benzene rings is 2. The maximum absolute atomic E-state index is 12.3. The number of hydrogen-bond acceptors (Lipinski definition) is 4. The smallest absolute Gasteiger partial charge is 0.338 e. The van der Waals surface area contributed by atoms with Crippen LogP contribution >= 0.6 is 11.6 Å². The van der Waals surface area contributed by atoms with Crippen LogP contribution in [0.2, 0.25) is 36.3 Å². The minimum atomic E-state index is -2.02. The van der Waals surface area contributed by atoms with E-state index in [0.29, 0.717) is 18.1 Å². The first kappa shape index (κ1) is 41.0. The molecule has 7 heteroatoms. The molecule has 0 radical (unpaired) electrons. The number of alkyl halides is 1. The van der Waals surface area contributed by atoms with Crippen LogP contribution in [0.5, 0.6) is 0 Å². The molecule has 0 amide bonds. The number of aryl methyl sites for hydroxylation is 1. The minimum Gasteiger partial charge on any atom is -0.462 e. The third-order valence-electron chi connectivity index (χ3n) is 11.5. The van der Waals surface area contributed by atoms with Crippen LogP contribution in [0.3, 0.4) is 0 Å². The van der Waals surface area contributed by atoms with Gasteiger partial charge in [-0.3, -0.25) is 0 Å². The van der Waals surface area contributed by atoms with Gasteiger partial charge in [-0.25, -0.2) is 4.79 Å². The number of carbonyl (C=O) groups is 1. The van der Waals surface area contributed by atoms with E-state index in [1.165, 1.54) is 30.4 Å². The molecule has 1 fully saturated rings. The van der Waals surface area contributed by atoms with Crippen molar-refractivity contribution >= 4 is 34.2 Å². The van der Waals surface area contributed by atoms with Crippen molar-refractivity contribution in [2.75, 3.05) is 6.61 Å². The summed E-state index contributed by atoms with van der Waals surface area (Å²) in [6.45, 7) is 27.9. The first-order valence-corrected chi connectivity index (χ1v) is 24.9. The topological polar surface area (TPSA) is 44.8 Å². The number of hydrogen-bond donors (Lipinski definition) is 0. The van der Waals surface area contributed by atoms with E-state index in [1.807, 2.05) is 25.1 Å². The Morgan fingerprint density at radius 3 is 2.12 bits per heavy atom. The monoisotopic (exact) mass is 714 g/mol. The molecule has 1 aliphatic rings. The van der Waals surface area contributed by atoms with Gasteiger partial charge in [0.25, 0.3) is 0 Å². The van der Waals surface area contributed by atoms with Gasteiger partial charge in [-0.2, -0.15) is 0 Å². The second-order valence-corrected chi connectivity index (χ2v) is 27.3. The number of unbranched alkanes of at least 4 members (excludes halogenated alkanes) is 2. The van der Waals surface area contributed by atoms with Crippen LogP contribution in [-0.2, 0) is 20.0 Å². The van der Waals surface area contributed by atoms with Gasteiger partial charge in [0.05, 0.1) is 24.4 Å². The van der Waals surface area contributed by atoms with Crippen molar-refractivity contribution in [1.82, 2.24) is 0 Å². The summed E-state index contributed by atoms with van der Waals surface area (Å²) in [5.74, 6) is 0.290. The van der Waals surface area contributed by atoms with Gasteiger partial charge >= 0.3 is 5.97 Å². The molecule has 5 atom stereocenters. The van der Waals surface area contributed by atoms with E-state index in [1.54, 1.807) is 0 Å². The molecule has 2 aromatic carbocycles. The lowest BCUT2D eigenvalue weighted by Gasteiger charge is -2.40. The summed E-state index contributed by atoms with van der Waals surface area (Å²) in [7, 11) is -3.96. The zero-order valence-corrected chi connectivity index (χ0v) is 35.1. The number of halogens is 1. The molecular weight excluding hydrogens is 648 g/mol. The van der Waals surface area contributed by atoms with Gasteiger partial charge in [0.1, 0.15) is 0 Å². The van der Waals surface area contributed by atoms with Crippen molar-refractivity contribution in [3.05, 3.63) is 70.8 Å². The molecule has 0 aromatic heterocycles. The maximum atomic E-state index is 12.3. The predicted octanol–water partition coefficient (Wildman–Crippen LogP) is 12.6. The Morgan fingerprint density at radius 2 is 1.54 bits per heavy atom. The molecule has 4 nitrogen and oxygen atoms in total. The second-order valence-electron chi connectivity index (χ2n) is 17.2. The Bertz CT molecular complexity index is 1290. The van der Waals surface area contributed by atoms with Gasteiger partial charge < -0.3 is 13.6 Å². The molecule has 0 spiro atoms. The van der Waals surface area contributed by atoms with Crippen molar-refractivity contribution in [3.63, 3.8) is 0 Å². The molecule has 1 saturated carbocycles. The van der Waals surface area contributed by atoms with E-state index in [9.17, 15) is 4.79 Å². The lowest BCUT2D eigenvalue weighted by atomic mass is 9.83. The summed E-state index contributed by atoms with van der Waals surface area (Å²) in [6, 6.07) is 17.3. The summed E-state index contributed by atoms with van der Waals surface area (Å²) in [5.41, 5.74) is 4.41. The van der Waals surface area contributed by atoms with Crippen LogP contribution in [0, 0.1) is 5.92 Å². The molecule has 0 bridgehead atoms. The van der Waals surface area contributed by atoms with Gasteiger partial charge in [-0.05, 0) is 110 Å². The summed E-state index contributed by atoms with van der Waals surface area (Å²) >= 11 is 7.27. The van der Waals surface area contributed by atoms with Gasteiger partial charge in [0.15, 0.2) is 16.6 Å². The van der Waals surface area contributed by atoms with E-state index in [0.717, 1.165) is 37.7 Å². The van der Waals surface area contributed by atoms with Gasteiger partial charge in [0, 0.05) is 11.3 Å². The SMILES string of the molecule is CCCCCC(O[Si](C)(C)C(C)(C)C)c1ccc([C@@H]2C(CCCc3cccc(C(=O)OCC)c3)[C@H](Cl)C[C@@H]2O[Si](C)(C)C(C)(C)C)cc1. The number of rotatable bonds is 16. The Balaban J connectivity index is 1.89. The highest BCUT2D eigenvalue weighted by Gasteiger charge is 2.48. The Morgan fingerprint density at radius 1 is 0.896 bits per heavy atom. The molecule has 2 unspecified atom stereocenters. The van der Waals surface area contributed by atoms with Crippen molar-refractivity contribution < 1.29 is 18.4 Å². The maximum Gasteiger partial charge on any atom is 0.338 e. The standard InChI is InChI=1S/C41H67ClO4Si2/c1-13-15-16-23-36(45-47(9,10)40(3,4)5)31-24-26-32(27-25-31)38-34(35(42)29-37(38)46-48(11,12)41(6,7)8)22-18-20-30-19-17-21-33(28-30)39(43)44-14-2/h17,19,21,24-28,34-38H,13-16,18,20,22-23,29H2,1-12H3/t34?,35-,36?,37+,38-/m1/s1. The van der Waals surface area contributed by atoms with E-state index < -0.39 is 16.6 Å². The van der Waals surface area contributed by atoms with E-state index in [4.69, 9.17) is 25.2 Å². The molecule has 48 heavy (non-hydrogen) atoms. The molecule has 0 N–H and O–H groups in total. The number of carbonyl (C=O) groups excluding carboxylic acids is 1. The first-order valence-electron chi connectivity index (χ1n) is 18.7. The fourth-order valence-corrected chi connectivity index (χ4v) is 9.62. The van der Waals surface area contributed by atoms with Crippen LogP contribution in [0.1, 0.15) is 139 Å². The van der Waals surface area contributed by atoms with Crippen molar-refractivity contribution in [3.8, 4) is 0 Å². The molecule has 0 saturated heterocycles. The number of ether oxygens (including phenoxy) is 1. The molecule has 270 valence electrons. The number of esters is 1. The third kappa shape index (κ3) is 10.8. The van der Waals surface area contributed by atoms with Crippen LogP contribution in [-0.4, -0.2) is 40.7 Å². The zero-order chi connectivity index (χ0) is 35.9. The summed E-state index contributed by atoms with van der Waals surface area (Å²) < 4.78 is 19.5. The molecular formula is C41H67ClO4Si2. The van der Waals surface area contributed by atoms with E-state index in [2.05, 4.69) is 105 Å². The summed E-state index contributed by atoms with van der Waals surface area (Å²) in [6.07, 6.45) is 8.69. The fraction of sp³-hybridized carbons (Fsp3) is 0.683. The van der Waals surface area contributed by atoms with Gasteiger partial charge in [-0.1, -0.05) is 104 Å². The highest BCUT2D eigenvalue weighted by molar-refractivity contribution is 6.74. The van der Waals surface area contributed by atoms with Crippen molar-refractivity contribution in [2.24, 2.45) is 5.92 Å². The van der Waals surface area contributed by atoms with Crippen LogP contribution in [0.4, 0.5) is 0 Å². The van der Waals surface area contributed by atoms with Crippen molar-refractivity contribution in [1.29, 1.82) is 0 Å². The first-order chi connectivity index (χ1) is 22.3. The predicted molar refractivity (Wildman–Crippen MR) is 210 cm³/mol. The van der Waals surface area contributed by atoms with Crippen molar-refractivity contribution in [2.45, 2.75) is 167 Å². The third-order valence-corrected chi connectivity index (χ3v) is 21.0. The van der Waals surface area contributed by atoms with Crippen LogP contribution < -0.4 is 0 Å². The normalized spacial score (nSPS) is 21.4. The lowest BCUT2D eigenvalue weighted by Crippen LogP contribution is -2.44. The highest BCUT2D eigenvalue weighted by Crippen LogP contribution is 2.50. The molecule has 1 aliphatic carbocycles. The molecule has 2 aromatic rings. The Labute approximate surface area is 301 Å². The Hall–Kier alpha value is -1.45. The summed E-state index contributed by atoms with van der Waals surface area (Å²) in [5, 5.41) is 0.341. The van der Waals surface area contributed by atoms with Crippen LogP contribution in [0.15, 0.2) is 48.5 Å². The van der Waals surface area contributed by atoms with Gasteiger partial charge in [0.2, 0.25) is 0 Å². The van der Waals surface area contributed by atoms with E-state index in [-0.39, 0.29) is 39.5 Å². The largest absolute Gasteiger partial charge is 0.462 e. The van der Waals surface area contributed by atoms with Crippen LogP contribution in [0.25, 0.3) is 0 Å². The lowest BCUT2D eigenvalue weighted by molar-refractivity contribution is 0.0526. The minimum absolute atomic E-state index is 0.0546. The van der Waals surface area contributed by atoms with Gasteiger partial charge in [-0.15, -0.1) is 11.6 Å². The zero-order valence-electron chi connectivity index (χ0n) is 32.4. The fourth-order valence-electron chi connectivity index (χ4n) is 6.49. The molecule has 0 aliphatic heterocycles. The Kier molecular flexibility index (Phi) is 14.7. The highest BCUT2D eigenvalue weighted by atomic mass is 35.5. The van der Waals surface area contributed by atoms with E-state index >= 15 is 0 Å². The molecule has 0 heterocycles. The molecule has 3 rings (SSSR count). The second kappa shape index (κ2) is 17.2. The quantitative estimate of drug-likeness (QED) is 0.0751. The summed E-state index contributed by atoms with van der Waals surface area (Å²) in [4.78, 5) is 12.3. The average Bonchev–Trinajstić information content (AvgIpc) is 3.29.